The minimum absolute atomic E-state index is 0.110. The summed E-state index contributed by atoms with van der Waals surface area (Å²) < 4.78 is 13.0. The SMILES string of the molecule is Nc1ccc(Sc2ccc(F)c(Cl)c2)cc1N. The number of nitrogens with two attached hydrogens (primary N) is 2. The van der Waals surface area contributed by atoms with E-state index in [0.717, 1.165) is 9.79 Å². The summed E-state index contributed by atoms with van der Waals surface area (Å²) in [6, 6.07) is 9.95. The maximum atomic E-state index is 13.0. The first-order valence-corrected chi connectivity index (χ1v) is 6.03. The van der Waals surface area contributed by atoms with E-state index in [1.807, 2.05) is 6.07 Å². The topological polar surface area (TPSA) is 52.0 Å². The minimum atomic E-state index is -0.423. The van der Waals surface area contributed by atoms with Gasteiger partial charge in [0.05, 0.1) is 16.4 Å². The fourth-order valence-electron chi connectivity index (χ4n) is 1.29. The highest BCUT2D eigenvalue weighted by Crippen LogP contribution is 2.32. The lowest BCUT2D eigenvalue weighted by Crippen LogP contribution is -1.93. The van der Waals surface area contributed by atoms with Gasteiger partial charge in [-0.1, -0.05) is 23.4 Å². The van der Waals surface area contributed by atoms with Gasteiger partial charge in [0.2, 0.25) is 0 Å². The highest BCUT2D eigenvalue weighted by Gasteiger charge is 2.04. The number of hydrogen-bond donors (Lipinski definition) is 2. The van der Waals surface area contributed by atoms with Crippen LogP contribution in [0.5, 0.6) is 0 Å². The third-order valence-electron chi connectivity index (χ3n) is 2.19. The molecule has 0 saturated heterocycles. The summed E-state index contributed by atoms with van der Waals surface area (Å²) >= 11 is 7.15. The van der Waals surface area contributed by atoms with E-state index in [1.54, 1.807) is 24.3 Å². The van der Waals surface area contributed by atoms with Crippen molar-refractivity contribution in [2.24, 2.45) is 0 Å². The maximum Gasteiger partial charge on any atom is 0.141 e. The van der Waals surface area contributed by atoms with Gasteiger partial charge in [-0.3, -0.25) is 0 Å². The maximum absolute atomic E-state index is 13.0. The molecule has 0 spiro atoms. The predicted octanol–water partition coefficient (Wildman–Crippen LogP) is 3.79. The van der Waals surface area contributed by atoms with Crippen molar-refractivity contribution in [1.29, 1.82) is 0 Å². The van der Waals surface area contributed by atoms with Crippen molar-refractivity contribution in [3.63, 3.8) is 0 Å². The Labute approximate surface area is 108 Å². The Morgan fingerprint density at radius 3 is 2.24 bits per heavy atom. The summed E-state index contributed by atoms with van der Waals surface area (Å²) in [6.45, 7) is 0. The van der Waals surface area contributed by atoms with Crippen molar-refractivity contribution in [2.75, 3.05) is 11.5 Å². The highest BCUT2D eigenvalue weighted by molar-refractivity contribution is 7.99. The van der Waals surface area contributed by atoms with Gasteiger partial charge in [-0.15, -0.1) is 0 Å². The molecule has 0 amide bonds. The predicted molar refractivity (Wildman–Crippen MR) is 70.8 cm³/mol. The van der Waals surface area contributed by atoms with E-state index < -0.39 is 5.82 Å². The van der Waals surface area contributed by atoms with Crippen LogP contribution < -0.4 is 11.5 Å². The Balaban J connectivity index is 2.25. The molecule has 2 rings (SSSR count). The average Bonchev–Trinajstić information content (AvgIpc) is 2.29. The summed E-state index contributed by atoms with van der Waals surface area (Å²) in [4.78, 5) is 1.78. The molecule has 2 nitrogen and oxygen atoms in total. The molecular formula is C12H10ClFN2S. The van der Waals surface area contributed by atoms with Gasteiger partial charge in [0, 0.05) is 9.79 Å². The lowest BCUT2D eigenvalue weighted by Gasteiger charge is -2.05. The van der Waals surface area contributed by atoms with E-state index in [0.29, 0.717) is 11.4 Å². The molecule has 0 unspecified atom stereocenters. The molecule has 4 N–H and O–H groups in total. The summed E-state index contributed by atoms with van der Waals surface area (Å²) in [5.41, 5.74) is 12.4. The monoisotopic (exact) mass is 268 g/mol. The Bertz CT molecular complexity index is 511. The molecule has 0 atom stereocenters. The van der Waals surface area contributed by atoms with E-state index in [1.165, 1.54) is 17.8 Å². The first-order valence-electron chi connectivity index (χ1n) is 4.84. The smallest absolute Gasteiger partial charge is 0.141 e. The molecule has 5 heteroatoms. The van der Waals surface area contributed by atoms with Crippen LogP contribution in [-0.4, -0.2) is 0 Å². The molecule has 0 aliphatic heterocycles. The van der Waals surface area contributed by atoms with E-state index in [-0.39, 0.29) is 5.02 Å². The van der Waals surface area contributed by atoms with Gasteiger partial charge in [0.25, 0.3) is 0 Å². The van der Waals surface area contributed by atoms with Gasteiger partial charge in [0.15, 0.2) is 0 Å². The van der Waals surface area contributed by atoms with Crippen LogP contribution in [0.15, 0.2) is 46.2 Å². The summed E-state index contributed by atoms with van der Waals surface area (Å²) in [7, 11) is 0. The Hall–Kier alpha value is -1.39. The van der Waals surface area contributed by atoms with Gasteiger partial charge >= 0.3 is 0 Å². The Morgan fingerprint density at radius 1 is 0.941 bits per heavy atom. The average molecular weight is 269 g/mol. The summed E-state index contributed by atoms with van der Waals surface area (Å²) in [5.74, 6) is -0.423. The summed E-state index contributed by atoms with van der Waals surface area (Å²) in [5, 5.41) is 0.110. The van der Waals surface area contributed by atoms with Crippen molar-refractivity contribution in [1.82, 2.24) is 0 Å². The third-order valence-corrected chi connectivity index (χ3v) is 3.45. The number of rotatable bonds is 2. The molecule has 0 aromatic heterocycles. The fourth-order valence-corrected chi connectivity index (χ4v) is 2.44. The number of nitrogen functional groups attached to an aromatic ring is 2. The van der Waals surface area contributed by atoms with Gasteiger partial charge in [-0.05, 0) is 36.4 Å². The third kappa shape index (κ3) is 2.84. The second-order valence-electron chi connectivity index (χ2n) is 3.47. The first kappa shape index (κ1) is 12.1. The quantitative estimate of drug-likeness (QED) is 0.815. The number of halogens is 2. The van der Waals surface area contributed by atoms with Crippen molar-refractivity contribution in [2.45, 2.75) is 9.79 Å². The first-order chi connectivity index (χ1) is 8.06. The second kappa shape index (κ2) is 4.85. The van der Waals surface area contributed by atoms with Crippen molar-refractivity contribution < 1.29 is 4.39 Å². The number of anilines is 2. The van der Waals surface area contributed by atoms with Gasteiger partial charge in [0.1, 0.15) is 5.82 Å². The Morgan fingerprint density at radius 2 is 1.59 bits per heavy atom. The highest BCUT2D eigenvalue weighted by atomic mass is 35.5. The zero-order valence-corrected chi connectivity index (χ0v) is 10.4. The molecule has 17 heavy (non-hydrogen) atoms. The molecule has 0 bridgehead atoms. The zero-order chi connectivity index (χ0) is 12.4. The van der Waals surface area contributed by atoms with Crippen molar-refractivity contribution in [3.8, 4) is 0 Å². The van der Waals surface area contributed by atoms with E-state index >= 15 is 0 Å². The molecule has 0 aliphatic rings. The van der Waals surface area contributed by atoms with Crippen LogP contribution in [0.1, 0.15) is 0 Å². The molecule has 0 radical (unpaired) electrons. The van der Waals surface area contributed by atoms with Crippen LogP contribution in [0, 0.1) is 5.82 Å². The van der Waals surface area contributed by atoms with Crippen LogP contribution in [0.2, 0.25) is 5.02 Å². The van der Waals surface area contributed by atoms with Crippen LogP contribution in [0.25, 0.3) is 0 Å². The lowest BCUT2D eigenvalue weighted by molar-refractivity contribution is 0.627. The molecule has 2 aromatic rings. The molecule has 0 fully saturated rings. The summed E-state index contributed by atoms with van der Waals surface area (Å²) in [6.07, 6.45) is 0. The van der Waals surface area contributed by atoms with Crippen molar-refractivity contribution >= 4 is 34.7 Å². The Kier molecular flexibility index (Phi) is 3.45. The normalized spacial score (nSPS) is 10.5. The molecule has 88 valence electrons. The van der Waals surface area contributed by atoms with Crippen LogP contribution >= 0.6 is 23.4 Å². The zero-order valence-electron chi connectivity index (χ0n) is 8.78. The number of hydrogen-bond acceptors (Lipinski definition) is 3. The van der Waals surface area contributed by atoms with Gasteiger partial charge in [-0.2, -0.15) is 0 Å². The van der Waals surface area contributed by atoms with Crippen LogP contribution in [-0.2, 0) is 0 Å². The lowest BCUT2D eigenvalue weighted by atomic mass is 10.3. The van der Waals surface area contributed by atoms with E-state index in [9.17, 15) is 4.39 Å². The minimum Gasteiger partial charge on any atom is -0.397 e. The van der Waals surface area contributed by atoms with E-state index in [4.69, 9.17) is 23.1 Å². The van der Waals surface area contributed by atoms with Gasteiger partial charge in [-0.25, -0.2) is 4.39 Å². The van der Waals surface area contributed by atoms with Gasteiger partial charge < -0.3 is 11.5 Å². The van der Waals surface area contributed by atoms with Crippen LogP contribution in [0.4, 0.5) is 15.8 Å². The standard InChI is InChI=1S/C12H10ClFN2S/c13-9-5-7(1-3-10(9)14)17-8-2-4-11(15)12(16)6-8/h1-6H,15-16H2. The van der Waals surface area contributed by atoms with Crippen LogP contribution in [0.3, 0.4) is 0 Å². The molecule has 0 saturated carbocycles. The molecule has 2 aromatic carbocycles. The second-order valence-corrected chi connectivity index (χ2v) is 5.02. The molecule has 0 heterocycles. The number of benzene rings is 2. The molecule has 0 aliphatic carbocycles. The van der Waals surface area contributed by atoms with E-state index in [2.05, 4.69) is 0 Å². The largest absolute Gasteiger partial charge is 0.397 e. The van der Waals surface area contributed by atoms with Crippen molar-refractivity contribution in [3.05, 3.63) is 47.2 Å². The fraction of sp³-hybridized carbons (Fsp3) is 0. The molecular weight excluding hydrogens is 259 g/mol.